The maximum Gasteiger partial charge on any atom is 0.306 e. The van der Waals surface area contributed by atoms with Gasteiger partial charge in [-0.2, -0.15) is 0 Å². The van der Waals surface area contributed by atoms with Crippen LogP contribution in [0.25, 0.3) is 0 Å². The first-order valence-corrected chi connectivity index (χ1v) is 31.4. The molecule has 428 valence electrons. The van der Waals surface area contributed by atoms with Gasteiger partial charge in [0.2, 0.25) is 0 Å². The molecular weight excluding hydrogens is 925 g/mol. The summed E-state index contributed by atoms with van der Waals surface area (Å²) >= 11 is 0. The van der Waals surface area contributed by atoms with Crippen LogP contribution >= 0.6 is 0 Å². The molecule has 0 aromatic rings. The second-order valence-electron chi connectivity index (χ2n) is 20.6. The molecule has 75 heavy (non-hydrogen) atoms. The van der Waals surface area contributed by atoms with Crippen molar-refractivity contribution in [3.05, 3.63) is 109 Å². The molecule has 0 saturated carbocycles. The summed E-state index contributed by atoms with van der Waals surface area (Å²) in [6.07, 6.45) is 85.3. The molecule has 0 fully saturated rings. The van der Waals surface area contributed by atoms with Gasteiger partial charge in [-0.05, 0) is 103 Å². The molecule has 1 unspecified atom stereocenters. The number of carbonyl (C=O) groups is 3. The molecule has 0 spiro atoms. The third-order valence-electron chi connectivity index (χ3n) is 13.3. The number of ether oxygens (including phenoxy) is 3. The van der Waals surface area contributed by atoms with E-state index in [1.54, 1.807) is 0 Å². The van der Waals surface area contributed by atoms with Gasteiger partial charge in [0.1, 0.15) is 13.2 Å². The molecular formula is C69H116O6. The summed E-state index contributed by atoms with van der Waals surface area (Å²) in [5.41, 5.74) is 0. The summed E-state index contributed by atoms with van der Waals surface area (Å²) in [5.74, 6) is -0.894. The van der Waals surface area contributed by atoms with Gasteiger partial charge in [0.05, 0.1) is 0 Å². The SMILES string of the molecule is CC/C=C\C/C=C\C/C=C\C/C=C\C/C=C\CCCCCCCCCCCCCCCC(=O)OCC(COC(=O)CCCCCCCCCCC)OC(=O)CCCCCCCC/C=C\C/C=C\C/C=C\C/C=C\CC. The molecule has 0 aromatic carbocycles. The summed E-state index contributed by atoms with van der Waals surface area (Å²) in [7, 11) is 0. The van der Waals surface area contributed by atoms with Crippen molar-refractivity contribution in [3.63, 3.8) is 0 Å². The van der Waals surface area contributed by atoms with Crippen LogP contribution in [-0.2, 0) is 28.6 Å². The van der Waals surface area contributed by atoms with Gasteiger partial charge in [-0.25, -0.2) is 0 Å². The van der Waals surface area contributed by atoms with Crippen LogP contribution in [0.3, 0.4) is 0 Å². The van der Waals surface area contributed by atoms with E-state index < -0.39 is 6.10 Å². The molecule has 6 heteroatoms. The lowest BCUT2D eigenvalue weighted by molar-refractivity contribution is -0.167. The van der Waals surface area contributed by atoms with Gasteiger partial charge >= 0.3 is 17.9 Å². The maximum absolute atomic E-state index is 12.9. The Morgan fingerprint density at radius 2 is 0.520 bits per heavy atom. The van der Waals surface area contributed by atoms with Crippen molar-refractivity contribution in [1.82, 2.24) is 0 Å². The van der Waals surface area contributed by atoms with Gasteiger partial charge in [-0.3, -0.25) is 14.4 Å². The van der Waals surface area contributed by atoms with E-state index in [-0.39, 0.29) is 31.1 Å². The van der Waals surface area contributed by atoms with Crippen LogP contribution in [0.5, 0.6) is 0 Å². The fourth-order valence-corrected chi connectivity index (χ4v) is 8.64. The van der Waals surface area contributed by atoms with Crippen LogP contribution in [-0.4, -0.2) is 37.2 Å². The third-order valence-corrected chi connectivity index (χ3v) is 13.3. The summed E-state index contributed by atoms with van der Waals surface area (Å²) in [6, 6.07) is 0. The number of carbonyl (C=O) groups excluding carboxylic acids is 3. The first-order valence-electron chi connectivity index (χ1n) is 31.4. The highest BCUT2D eigenvalue weighted by Gasteiger charge is 2.19. The van der Waals surface area contributed by atoms with Crippen LogP contribution in [0.15, 0.2) is 109 Å². The number of esters is 3. The average Bonchev–Trinajstić information content (AvgIpc) is 3.41. The van der Waals surface area contributed by atoms with E-state index in [0.29, 0.717) is 19.3 Å². The molecule has 6 nitrogen and oxygen atoms in total. The summed E-state index contributed by atoms with van der Waals surface area (Å²) < 4.78 is 16.9. The lowest BCUT2D eigenvalue weighted by Crippen LogP contribution is -2.30. The molecule has 1 atom stereocenters. The number of unbranched alkanes of at least 4 members (excludes halogenated alkanes) is 27. The smallest absolute Gasteiger partial charge is 0.306 e. The number of allylic oxidation sites excluding steroid dienone is 18. The summed E-state index contributed by atoms with van der Waals surface area (Å²) in [6.45, 7) is 6.40. The van der Waals surface area contributed by atoms with Gasteiger partial charge in [-0.15, -0.1) is 0 Å². The first-order chi connectivity index (χ1) is 37.0. The Hall–Kier alpha value is -3.93. The Balaban J connectivity index is 4.20. The Kier molecular flexibility index (Phi) is 59.3. The van der Waals surface area contributed by atoms with Gasteiger partial charge in [-0.1, -0.05) is 278 Å². The van der Waals surface area contributed by atoms with Gasteiger partial charge in [0.15, 0.2) is 6.10 Å². The fourth-order valence-electron chi connectivity index (χ4n) is 8.64. The van der Waals surface area contributed by atoms with E-state index in [0.717, 1.165) is 128 Å². The predicted octanol–water partition coefficient (Wildman–Crippen LogP) is 21.4. The normalized spacial score (nSPS) is 12.8. The zero-order valence-electron chi connectivity index (χ0n) is 49.0. The number of hydrogen-bond acceptors (Lipinski definition) is 6. The van der Waals surface area contributed by atoms with E-state index in [1.807, 2.05) is 0 Å². The molecule has 0 aliphatic carbocycles. The van der Waals surface area contributed by atoms with Crippen molar-refractivity contribution in [3.8, 4) is 0 Å². The molecule has 0 amide bonds. The van der Waals surface area contributed by atoms with Crippen LogP contribution in [0.1, 0.15) is 290 Å². The van der Waals surface area contributed by atoms with E-state index >= 15 is 0 Å². The number of rotatable bonds is 56. The van der Waals surface area contributed by atoms with E-state index in [9.17, 15) is 14.4 Å². The van der Waals surface area contributed by atoms with Gasteiger partial charge < -0.3 is 14.2 Å². The molecule has 0 saturated heterocycles. The van der Waals surface area contributed by atoms with Crippen LogP contribution < -0.4 is 0 Å². The minimum Gasteiger partial charge on any atom is -0.462 e. The Morgan fingerprint density at radius 3 is 0.813 bits per heavy atom. The zero-order valence-corrected chi connectivity index (χ0v) is 49.0. The third kappa shape index (κ3) is 60.8. The highest BCUT2D eigenvalue weighted by Crippen LogP contribution is 2.16. The molecule has 0 radical (unpaired) electrons. The van der Waals surface area contributed by atoms with Crippen LogP contribution in [0.4, 0.5) is 0 Å². The van der Waals surface area contributed by atoms with E-state index in [1.165, 1.54) is 122 Å². The lowest BCUT2D eigenvalue weighted by atomic mass is 10.0. The molecule has 0 aromatic heterocycles. The lowest BCUT2D eigenvalue weighted by Gasteiger charge is -2.18. The van der Waals surface area contributed by atoms with Crippen molar-refractivity contribution in [2.24, 2.45) is 0 Å². The Labute approximate surface area is 463 Å². The highest BCUT2D eigenvalue weighted by molar-refractivity contribution is 5.71. The molecule has 0 aliphatic rings. The predicted molar refractivity (Wildman–Crippen MR) is 325 cm³/mol. The molecule has 0 rings (SSSR count). The minimum atomic E-state index is -0.785. The highest BCUT2D eigenvalue weighted by atomic mass is 16.6. The fraction of sp³-hybridized carbons (Fsp3) is 0.696. The molecule has 0 aliphatic heterocycles. The molecule has 0 heterocycles. The second-order valence-corrected chi connectivity index (χ2v) is 20.6. The van der Waals surface area contributed by atoms with E-state index in [2.05, 4.69) is 130 Å². The van der Waals surface area contributed by atoms with Crippen molar-refractivity contribution in [1.29, 1.82) is 0 Å². The van der Waals surface area contributed by atoms with Crippen molar-refractivity contribution in [2.45, 2.75) is 297 Å². The monoisotopic (exact) mass is 1040 g/mol. The Bertz CT molecular complexity index is 1520. The van der Waals surface area contributed by atoms with Gasteiger partial charge in [0.25, 0.3) is 0 Å². The zero-order chi connectivity index (χ0) is 54.3. The second kappa shape index (κ2) is 62.6. The molecule has 0 bridgehead atoms. The summed E-state index contributed by atoms with van der Waals surface area (Å²) in [5, 5.41) is 0. The Morgan fingerprint density at radius 1 is 0.280 bits per heavy atom. The van der Waals surface area contributed by atoms with E-state index in [4.69, 9.17) is 14.2 Å². The van der Waals surface area contributed by atoms with Crippen LogP contribution in [0, 0.1) is 0 Å². The standard InChI is InChI=1S/C69H116O6/c1-4-7-10-13-16-19-21-23-25-27-29-30-31-32-33-34-35-36-37-38-40-41-43-45-47-50-53-56-59-62-68(71)74-65-66(64-73-67(70)61-58-55-52-49-18-15-12-9-6-3)75-69(72)63-60-57-54-51-48-46-44-42-39-28-26-24-22-20-17-14-11-8-5-2/h7-8,10-11,16-17,19-20,23-26,29-30,32-33,39,42,66H,4-6,9,12-15,18,21-22,27-28,31,34-38,40-41,43-65H2,1-3H3/b10-7-,11-8-,19-16-,20-17-,25-23-,26-24-,30-29-,33-32-,42-39-. The number of hydrogen-bond donors (Lipinski definition) is 0. The van der Waals surface area contributed by atoms with Crippen LogP contribution in [0.2, 0.25) is 0 Å². The topological polar surface area (TPSA) is 78.9 Å². The molecule has 0 N–H and O–H groups in total. The average molecular weight is 1040 g/mol. The van der Waals surface area contributed by atoms with Gasteiger partial charge in [0, 0.05) is 19.3 Å². The van der Waals surface area contributed by atoms with Crippen molar-refractivity contribution in [2.75, 3.05) is 13.2 Å². The van der Waals surface area contributed by atoms with Crippen molar-refractivity contribution >= 4 is 17.9 Å². The van der Waals surface area contributed by atoms with Crippen molar-refractivity contribution < 1.29 is 28.6 Å². The summed E-state index contributed by atoms with van der Waals surface area (Å²) in [4.78, 5) is 38.2. The maximum atomic E-state index is 12.9. The quantitative estimate of drug-likeness (QED) is 0.0261. The first kappa shape index (κ1) is 71.1. The minimum absolute atomic E-state index is 0.0824. The largest absolute Gasteiger partial charge is 0.462 e.